The molecule has 164 valence electrons. The van der Waals surface area contributed by atoms with Crippen molar-refractivity contribution in [1.29, 1.82) is 0 Å². The van der Waals surface area contributed by atoms with Crippen molar-refractivity contribution in [2.24, 2.45) is 0 Å². The number of halogens is 7. The Morgan fingerprint density at radius 1 is 1.23 bits per heavy atom. The zero-order valence-electron chi connectivity index (χ0n) is 15.4. The number of fused-ring (bicyclic) bond motifs is 1. The molecule has 13 heteroatoms. The van der Waals surface area contributed by atoms with E-state index < -0.39 is 42.1 Å². The lowest BCUT2D eigenvalue weighted by atomic mass is 10.1. The minimum absolute atomic E-state index is 0.0618. The molecule has 0 radical (unpaired) electrons. The van der Waals surface area contributed by atoms with Crippen LogP contribution in [0.1, 0.15) is 34.0 Å². The van der Waals surface area contributed by atoms with Gasteiger partial charge in [0.05, 0.1) is 24.3 Å². The third kappa shape index (κ3) is 5.18. The highest BCUT2D eigenvalue weighted by molar-refractivity contribution is 7.11. The number of aryl methyl sites for hydroxylation is 1. The van der Waals surface area contributed by atoms with Crippen LogP contribution in [0.4, 0.5) is 42.2 Å². The van der Waals surface area contributed by atoms with Gasteiger partial charge in [-0.2, -0.15) is 30.7 Å². The molecule has 0 atom stereocenters. The van der Waals surface area contributed by atoms with Crippen LogP contribution in [0.2, 0.25) is 0 Å². The SMILES string of the molecule is Cc1cc(N2CCc3nc(C(F)(F)F)sc3C2)nc(F)c1NC(=O)CCC(F)(F)F. The number of pyridine rings is 1. The number of carbonyl (C=O) groups excluding carboxylic acids is 1. The fourth-order valence-electron chi connectivity index (χ4n) is 2.90. The minimum atomic E-state index is -4.54. The molecule has 3 rings (SSSR count). The Balaban J connectivity index is 1.74. The highest BCUT2D eigenvalue weighted by atomic mass is 32.1. The summed E-state index contributed by atoms with van der Waals surface area (Å²) in [5.41, 5.74) is 0.235. The number of anilines is 2. The van der Waals surface area contributed by atoms with Crippen LogP contribution in [-0.4, -0.2) is 28.6 Å². The van der Waals surface area contributed by atoms with Crippen LogP contribution in [-0.2, 0) is 23.9 Å². The van der Waals surface area contributed by atoms with Crippen LogP contribution in [0, 0.1) is 12.9 Å². The first kappa shape index (κ1) is 22.2. The largest absolute Gasteiger partial charge is 0.443 e. The lowest BCUT2D eigenvalue weighted by molar-refractivity contribution is -0.142. The van der Waals surface area contributed by atoms with E-state index in [1.165, 1.54) is 13.0 Å². The van der Waals surface area contributed by atoms with Crippen molar-refractivity contribution in [1.82, 2.24) is 9.97 Å². The van der Waals surface area contributed by atoms with E-state index >= 15 is 0 Å². The summed E-state index contributed by atoms with van der Waals surface area (Å²) in [4.78, 5) is 21.0. The molecule has 2 aromatic heterocycles. The number of alkyl halides is 6. The summed E-state index contributed by atoms with van der Waals surface area (Å²) in [6.07, 6.45) is -11.0. The van der Waals surface area contributed by atoms with Gasteiger partial charge in [0.15, 0.2) is 5.01 Å². The van der Waals surface area contributed by atoms with Crippen LogP contribution in [0.3, 0.4) is 0 Å². The molecule has 1 aliphatic heterocycles. The van der Waals surface area contributed by atoms with E-state index in [1.807, 2.05) is 0 Å². The number of amides is 1. The molecule has 0 fully saturated rings. The van der Waals surface area contributed by atoms with Gasteiger partial charge in [0.2, 0.25) is 11.9 Å². The van der Waals surface area contributed by atoms with Gasteiger partial charge in [-0.15, -0.1) is 11.3 Å². The highest BCUT2D eigenvalue weighted by Crippen LogP contribution is 2.37. The number of thiazole rings is 1. The summed E-state index contributed by atoms with van der Waals surface area (Å²) >= 11 is 0.520. The highest BCUT2D eigenvalue weighted by Gasteiger charge is 2.37. The molecule has 3 heterocycles. The monoisotopic (exact) mass is 456 g/mol. The maximum absolute atomic E-state index is 14.4. The number of nitrogens with one attached hydrogen (secondary N) is 1. The molecule has 0 saturated heterocycles. The van der Waals surface area contributed by atoms with E-state index in [4.69, 9.17) is 0 Å². The van der Waals surface area contributed by atoms with E-state index in [2.05, 4.69) is 15.3 Å². The smallest absolute Gasteiger partial charge is 0.351 e. The second-order valence-electron chi connectivity index (χ2n) is 6.68. The summed E-state index contributed by atoms with van der Waals surface area (Å²) in [6, 6.07) is 1.42. The first-order valence-electron chi connectivity index (χ1n) is 8.68. The Kier molecular flexibility index (Phi) is 5.94. The van der Waals surface area contributed by atoms with E-state index in [9.17, 15) is 35.5 Å². The van der Waals surface area contributed by atoms with E-state index in [0.29, 0.717) is 21.9 Å². The maximum atomic E-state index is 14.4. The second kappa shape index (κ2) is 8.00. The summed E-state index contributed by atoms with van der Waals surface area (Å²) in [6.45, 7) is 1.76. The molecule has 1 amide bonds. The maximum Gasteiger partial charge on any atom is 0.443 e. The van der Waals surface area contributed by atoms with Gasteiger partial charge in [0.1, 0.15) is 5.82 Å². The molecule has 0 aromatic carbocycles. The average molecular weight is 456 g/mol. The summed E-state index contributed by atoms with van der Waals surface area (Å²) in [5, 5.41) is 1.15. The van der Waals surface area contributed by atoms with Crippen molar-refractivity contribution in [2.75, 3.05) is 16.8 Å². The molecular formula is C17H15F7N4OS. The minimum Gasteiger partial charge on any atom is -0.351 e. The molecule has 0 unspecified atom stereocenters. The van der Waals surface area contributed by atoms with Gasteiger partial charge in [-0.3, -0.25) is 4.79 Å². The van der Waals surface area contributed by atoms with Crippen LogP contribution >= 0.6 is 11.3 Å². The Morgan fingerprint density at radius 2 is 1.93 bits per heavy atom. The zero-order chi connectivity index (χ0) is 22.3. The topological polar surface area (TPSA) is 58.1 Å². The molecule has 1 aliphatic rings. The summed E-state index contributed by atoms with van der Waals surface area (Å²) in [7, 11) is 0. The van der Waals surface area contributed by atoms with E-state index in [1.54, 1.807) is 4.90 Å². The molecule has 0 spiro atoms. The lowest BCUT2D eigenvalue weighted by Crippen LogP contribution is -2.31. The van der Waals surface area contributed by atoms with Crippen molar-refractivity contribution >= 4 is 28.7 Å². The van der Waals surface area contributed by atoms with Crippen molar-refractivity contribution < 1.29 is 35.5 Å². The molecule has 0 saturated carbocycles. The average Bonchev–Trinajstić information content (AvgIpc) is 3.06. The quantitative estimate of drug-likeness (QED) is 0.528. The van der Waals surface area contributed by atoms with Crippen molar-refractivity contribution in [3.05, 3.63) is 33.2 Å². The van der Waals surface area contributed by atoms with E-state index in [-0.39, 0.29) is 36.6 Å². The molecule has 1 N–H and O–H groups in total. The molecule has 0 bridgehead atoms. The summed E-state index contributed by atoms with van der Waals surface area (Å²) < 4.78 is 89.6. The van der Waals surface area contributed by atoms with E-state index in [0.717, 1.165) is 0 Å². The number of rotatable bonds is 4. The first-order chi connectivity index (χ1) is 13.8. The fourth-order valence-corrected chi connectivity index (χ4v) is 3.89. The van der Waals surface area contributed by atoms with Crippen LogP contribution in [0.15, 0.2) is 6.07 Å². The molecule has 0 aliphatic carbocycles. The third-order valence-electron chi connectivity index (χ3n) is 4.36. The van der Waals surface area contributed by atoms with Crippen molar-refractivity contribution in [2.45, 2.75) is 45.1 Å². The van der Waals surface area contributed by atoms with Crippen LogP contribution < -0.4 is 10.2 Å². The van der Waals surface area contributed by atoms with Gasteiger partial charge in [0.25, 0.3) is 0 Å². The first-order valence-corrected chi connectivity index (χ1v) is 9.49. The van der Waals surface area contributed by atoms with Crippen LogP contribution in [0.25, 0.3) is 0 Å². The third-order valence-corrected chi connectivity index (χ3v) is 5.48. The summed E-state index contributed by atoms with van der Waals surface area (Å²) in [5.74, 6) is -1.95. The Morgan fingerprint density at radius 3 is 2.53 bits per heavy atom. The van der Waals surface area contributed by atoms with Gasteiger partial charge < -0.3 is 10.2 Å². The Hall–Kier alpha value is -2.44. The lowest BCUT2D eigenvalue weighted by Gasteiger charge is -2.27. The number of nitrogens with zero attached hydrogens (tertiary/aromatic N) is 3. The van der Waals surface area contributed by atoms with Crippen LogP contribution in [0.5, 0.6) is 0 Å². The van der Waals surface area contributed by atoms with Crippen molar-refractivity contribution in [3.63, 3.8) is 0 Å². The molecule has 30 heavy (non-hydrogen) atoms. The van der Waals surface area contributed by atoms with Crippen molar-refractivity contribution in [3.8, 4) is 0 Å². The Labute approximate surface area is 169 Å². The number of hydrogen-bond acceptors (Lipinski definition) is 5. The molecular weight excluding hydrogens is 441 g/mol. The standard InChI is InChI=1S/C17H15F7N4OS/c1-8-6-11(26-14(18)13(8)27-12(29)2-4-16(19,20)21)28-5-3-9-10(7-28)30-15(25-9)17(22,23)24/h6H,2-5,7H2,1H3,(H,27,29). The fraction of sp³-hybridized carbons (Fsp3) is 0.471. The van der Waals surface area contributed by atoms with Gasteiger partial charge >= 0.3 is 12.4 Å². The molecule has 2 aromatic rings. The number of hydrogen-bond donors (Lipinski definition) is 1. The number of carbonyl (C=O) groups is 1. The zero-order valence-corrected chi connectivity index (χ0v) is 16.2. The van der Waals surface area contributed by atoms with Gasteiger partial charge in [-0.05, 0) is 18.6 Å². The normalized spacial score (nSPS) is 14.6. The van der Waals surface area contributed by atoms with Gasteiger partial charge in [0, 0.05) is 24.3 Å². The van der Waals surface area contributed by atoms with Gasteiger partial charge in [-0.1, -0.05) is 0 Å². The van der Waals surface area contributed by atoms with Gasteiger partial charge in [-0.25, -0.2) is 9.97 Å². The second-order valence-corrected chi connectivity index (χ2v) is 7.77. The predicted molar refractivity (Wildman–Crippen MR) is 94.7 cm³/mol. The Bertz CT molecular complexity index is 932. The molecule has 5 nitrogen and oxygen atoms in total. The number of aromatic nitrogens is 2. The predicted octanol–water partition coefficient (Wildman–Crippen LogP) is 4.85.